The molecular formula is C16H22N2O. The van der Waals surface area contributed by atoms with Gasteiger partial charge in [-0.05, 0) is 43.1 Å². The first-order valence-electron chi connectivity index (χ1n) is 7.05. The molecule has 0 atom stereocenters. The zero-order valence-electron chi connectivity index (χ0n) is 11.3. The fraction of sp³-hybridized carbons (Fsp3) is 0.438. The molecule has 0 spiro atoms. The minimum absolute atomic E-state index is 0.318. The van der Waals surface area contributed by atoms with Gasteiger partial charge in [0.05, 0.1) is 5.52 Å². The van der Waals surface area contributed by atoms with Gasteiger partial charge in [-0.1, -0.05) is 25.0 Å². The lowest BCUT2D eigenvalue weighted by Crippen LogP contribution is -2.14. The van der Waals surface area contributed by atoms with Crippen molar-refractivity contribution < 1.29 is 5.11 Å². The molecule has 0 saturated carbocycles. The fourth-order valence-electron chi connectivity index (χ4n) is 2.18. The first-order valence-corrected chi connectivity index (χ1v) is 7.05. The van der Waals surface area contributed by atoms with Crippen molar-refractivity contribution in [1.82, 2.24) is 10.3 Å². The second-order valence-electron chi connectivity index (χ2n) is 4.85. The molecule has 1 aromatic heterocycles. The van der Waals surface area contributed by atoms with Crippen LogP contribution in [0, 0.1) is 0 Å². The van der Waals surface area contributed by atoms with Crippen molar-refractivity contribution >= 4 is 10.9 Å². The normalized spacial score (nSPS) is 11.0. The molecule has 19 heavy (non-hydrogen) atoms. The summed E-state index contributed by atoms with van der Waals surface area (Å²) >= 11 is 0. The van der Waals surface area contributed by atoms with Crippen molar-refractivity contribution in [1.29, 1.82) is 0 Å². The number of aromatic nitrogens is 1. The molecule has 0 aliphatic rings. The summed E-state index contributed by atoms with van der Waals surface area (Å²) in [5.41, 5.74) is 2.35. The summed E-state index contributed by atoms with van der Waals surface area (Å²) < 4.78 is 0. The van der Waals surface area contributed by atoms with Crippen LogP contribution < -0.4 is 5.32 Å². The molecule has 0 bridgehead atoms. The number of benzene rings is 1. The zero-order chi connectivity index (χ0) is 13.3. The van der Waals surface area contributed by atoms with Crippen molar-refractivity contribution in [3.05, 3.63) is 42.1 Å². The van der Waals surface area contributed by atoms with E-state index in [1.165, 1.54) is 23.8 Å². The first-order chi connectivity index (χ1) is 9.40. The topological polar surface area (TPSA) is 45.1 Å². The number of nitrogens with one attached hydrogen (secondary N) is 1. The van der Waals surface area contributed by atoms with Crippen LogP contribution in [-0.4, -0.2) is 23.2 Å². The third-order valence-corrected chi connectivity index (χ3v) is 3.26. The maximum atomic E-state index is 8.68. The SMILES string of the molecule is OCCCCCCNCc1ccc2ncccc2c1. The van der Waals surface area contributed by atoms with E-state index in [1.54, 1.807) is 0 Å². The van der Waals surface area contributed by atoms with Crippen molar-refractivity contribution in [2.45, 2.75) is 32.2 Å². The van der Waals surface area contributed by atoms with Crippen LogP contribution in [-0.2, 0) is 6.54 Å². The van der Waals surface area contributed by atoms with E-state index in [0.29, 0.717) is 6.61 Å². The second-order valence-corrected chi connectivity index (χ2v) is 4.85. The van der Waals surface area contributed by atoms with Crippen molar-refractivity contribution in [2.24, 2.45) is 0 Å². The van der Waals surface area contributed by atoms with Crippen LogP contribution in [0.1, 0.15) is 31.2 Å². The number of rotatable bonds is 8. The summed E-state index contributed by atoms with van der Waals surface area (Å²) in [5, 5.41) is 13.3. The van der Waals surface area contributed by atoms with Gasteiger partial charge in [0.1, 0.15) is 0 Å². The summed E-state index contributed by atoms with van der Waals surface area (Å²) in [7, 11) is 0. The van der Waals surface area contributed by atoms with E-state index in [1.807, 2.05) is 12.3 Å². The number of unbranched alkanes of at least 4 members (excludes halogenated alkanes) is 3. The molecule has 2 aromatic rings. The Morgan fingerprint density at radius 3 is 2.84 bits per heavy atom. The van der Waals surface area contributed by atoms with E-state index in [-0.39, 0.29) is 0 Å². The molecule has 1 aromatic carbocycles. The molecule has 2 rings (SSSR count). The van der Waals surface area contributed by atoms with Gasteiger partial charge in [0.2, 0.25) is 0 Å². The smallest absolute Gasteiger partial charge is 0.0702 e. The first kappa shape index (κ1) is 14.0. The maximum absolute atomic E-state index is 8.68. The van der Waals surface area contributed by atoms with Gasteiger partial charge in [-0.3, -0.25) is 4.98 Å². The van der Waals surface area contributed by atoms with Gasteiger partial charge >= 0.3 is 0 Å². The summed E-state index contributed by atoms with van der Waals surface area (Å²) in [6.07, 6.45) is 6.24. The van der Waals surface area contributed by atoms with Crippen LogP contribution in [0.4, 0.5) is 0 Å². The Hall–Kier alpha value is -1.45. The van der Waals surface area contributed by atoms with Gasteiger partial charge in [-0.15, -0.1) is 0 Å². The Labute approximate surface area is 114 Å². The largest absolute Gasteiger partial charge is 0.396 e. The van der Waals surface area contributed by atoms with Gasteiger partial charge in [0.15, 0.2) is 0 Å². The molecule has 0 saturated heterocycles. The molecule has 0 amide bonds. The number of hydrogen-bond acceptors (Lipinski definition) is 3. The highest BCUT2D eigenvalue weighted by Crippen LogP contribution is 2.13. The Balaban J connectivity index is 1.72. The maximum Gasteiger partial charge on any atom is 0.0702 e. The van der Waals surface area contributed by atoms with Crippen molar-refractivity contribution in [3.8, 4) is 0 Å². The molecule has 0 unspecified atom stereocenters. The molecule has 1 heterocycles. The number of aliphatic hydroxyl groups is 1. The minimum Gasteiger partial charge on any atom is -0.396 e. The average molecular weight is 258 g/mol. The van der Waals surface area contributed by atoms with Gasteiger partial charge < -0.3 is 10.4 Å². The number of aliphatic hydroxyl groups excluding tert-OH is 1. The predicted octanol–water partition coefficient (Wildman–Crippen LogP) is 2.88. The minimum atomic E-state index is 0.318. The molecule has 2 N–H and O–H groups in total. The number of hydrogen-bond donors (Lipinski definition) is 2. The van der Waals surface area contributed by atoms with E-state index in [2.05, 4.69) is 34.6 Å². The van der Waals surface area contributed by atoms with Crippen molar-refractivity contribution in [3.63, 3.8) is 0 Å². The molecule has 3 nitrogen and oxygen atoms in total. The molecule has 3 heteroatoms. The quantitative estimate of drug-likeness (QED) is 0.716. The molecular weight excluding hydrogens is 236 g/mol. The summed E-state index contributed by atoms with van der Waals surface area (Å²) in [6, 6.07) is 10.5. The van der Waals surface area contributed by atoms with Crippen LogP contribution >= 0.6 is 0 Å². The highest BCUT2D eigenvalue weighted by atomic mass is 16.2. The Morgan fingerprint density at radius 2 is 1.95 bits per heavy atom. The predicted molar refractivity (Wildman–Crippen MR) is 79.0 cm³/mol. The summed E-state index contributed by atoms with van der Waals surface area (Å²) in [6.45, 7) is 2.26. The zero-order valence-corrected chi connectivity index (χ0v) is 11.3. The highest BCUT2D eigenvalue weighted by Gasteiger charge is 1.97. The van der Waals surface area contributed by atoms with Crippen LogP contribution in [0.25, 0.3) is 10.9 Å². The van der Waals surface area contributed by atoms with E-state index >= 15 is 0 Å². The van der Waals surface area contributed by atoms with E-state index in [0.717, 1.165) is 31.4 Å². The summed E-state index contributed by atoms with van der Waals surface area (Å²) in [4.78, 5) is 4.32. The lowest BCUT2D eigenvalue weighted by Gasteiger charge is -2.06. The van der Waals surface area contributed by atoms with Gasteiger partial charge in [0.25, 0.3) is 0 Å². The number of pyridine rings is 1. The standard InChI is InChI=1S/C16H22N2O/c19-11-4-2-1-3-9-17-13-14-7-8-16-15(12-14)6-5-10-18-16/h5-8,10,12,17,19H,1-4,9,11,13H2. The average Bonchev–Trinajstić information content (AvgIpc) is 2.46. The molecule has 0 fully saturated rings. The lowest BCUT2D eigenvalue weighted by atomic mass is 10.1. The Morgan fingerprint density at radius 1 is 1.05 bits per heavy atom. The molecule has 102 valence electrons. The van der Waals surface area contributed by atoms with E-state index in [4.69, 9.17) is 5.11 Å². The van der Waals surface area contributed by atoms with Crippen LogP contribution in [0.3, 0.4) is 0 Å². The lowest BCUT2D eigenvalue weighted by molar-refractivity contribution is 0.282. The Bertz CT molecular complexity index is 499. The van der Waals surface area contributed by atoms with Gasteiger partial charge in [-0.2, -0.15) is 0 Å². The van der Waals surface area contributed by atoms with Crippen molar-refractivity contribution in [2.75, 3.05) is 13.2 Å². The highest BCUT2D eigenvalue weighted by molar-refractivity contribution is 5.78. The van der Waals surface area contributed by atoms with Gasteiger partial charge in [-0.25, -0.2) is 0 Å². The molecule has 0 aliphatic heterocycles. The molecule has 0 radical (unpaired) electrons. The van der Waals surface area contributed by atoms with Crippen LogP contribution in [0.2, 0.25) is 0 Å². The fourth-order valence-corrected chi connectivity index (χ4v) is 2.18. The van der Waals surface area contributed by atoms with Gasteiger partial charge in [0, 0.05) is 24.7 Å². The third kappa shape index (κ3) is 4.62. The van der Waals surface area contributed by atoms with E-state index in [9.17, 15) is 0 Å². The number of fused-ring (bicyclic) bond motifs is 1. The third-order valence-electron chi connectivity index (χ3n) is 3.26. The Kier molecular flexibility index (Phi) is 5.79. The van der Waals surface area contributed by atoms with E-state index < -0.39 is 0 Å². The molecule has 0 aliphatic carbocycles. The summed E-state index contributed by atoms with van der Waals surface area (Å²) in [5.74, 6) is 0. The number of nitrogens with zero attached hydrogens (tertiary/aromatic N) is 1. The monoisotopic (exact) mass is 258 g/mol. The van der Waals surface area contributed by atoms with Crippen LogP contribution in [0.5, 0.6) is 0 Å². The van der Waals surface area contributed by atoms with Crippen LogP contribution in [0.15, 0.2) is 36.5 Å². The second kappa shape index (κ2) is 7.87.